The Morgan fingerprint density at radius 2 is 1.83 bits per heavy atom. The van der Waals surface area contributed by atoms with Gasteiger partial charge in [-0.3, -0.25) is 14.2 Å². The summed E-state index contributed by atoms with van der Waals surface area (Å²) in [6.45, 7) is 12.9. The Morgan fingerprint density at radius 3 is 2.34 bits per heavy atom. The molecule has 7 nitrogen and oxygen atoms in total. The van der Waals surface area contributed by atoms with Crippen molar-refractivity contribution in [2.45, 2.75) is 83.0 Å². The third kappa shape index (κ3) is 9.13. The Morgan fingerprint density at radius 1 is 1.23 bits per heavy atom. The molecule has 0 saturated carbocycles. The first-order valence-electron chi connectivity index (χ1n) is 11.4. The average molecular weight is 542 g/mol. The van der Waals surface area contributed by atoms with Crippen LogP contribution < -0.4 is 10.3 Å². The molecule has 3 atom stereocenters. The minimum Gasteiger partial charge on any atom is -0.598 e. The molecule has 0 fully saturated rings. The summed E-state index contributed by atoms with van der Waals surface area (Å²) in [5, 5.41) is 1.07. The summed E-state index contributed by atoms with van der Waals surface area (Å²) in [5.74, 6) is -0.541. The van der Waals surface area contributed by atoms with Gasteiger partial charge in [-0.15, -0.1) is 4.72 Å². The Labute approximate surface area is 220 Å². The first-order chi connectivity index (χ1) is 16.1. The molecule has 10 heteroatoms. The molecule has 0 aliphatic rings. The number of aromatic nitrogens is 2. The third-order valence-corrected chi connectivity index (χ3v) is 7.54. The van der Waals surface area contributed by atoms with Crippen molar-refractivity contribution in [3.05, 3.63) is 57.0 Å². The van der Waals surface area contributed by atoms with Crippen molar-refractivity contribution in [2.75, 3.05) is 6.26 Å². The molecule has 0 bridgehead atoms. The van der Waals surface area contributed by atoms with Crippen LogP contribution in [0.4, 0.5) is 0 Å². The van der Waals surface area contributed by atoms with Gasteiger partial charge in [0.25, 0.3) is 5.56 Å². The number of carbonyl (C=O) groups excluding carboxylic acids is 1. The second kappa shape index (κ2) is 12.1. The molecule has 0 aliphatic carbocycles. The predicted octanol–water partition coefficient (Wildman–Crippen LogP) is 4.93. The zero-order chi connectivity index (χ0) is 26.6. The van der Waals surface area contributed by atoms with Gasteiger partial charge in [0, 0.05) is 28.1 Å². The molecular weight excluding hydrogens is 506 g/mol. The van der Waals surface area contributed by atoms with Crippen molar-refractivity contribution in [1.29, 1.82) is 0 Å². The van der Waals surface area contributed by atoms with Gasteiger partial charge in [-0.05, 0) is 77.8 Å². The van der Waals surface area contributed by atoms with Crippen LogP contribution in [0.2, 0.25) is 5.02 Å². The zero-order valence-corrected chi connectivity index (χ0v) is 24.1. The molecule has 35 heavy (non-hydrogen) atoms. The normalized spacial score (nSPS) is 14.9. The van der Waals surface area contributed by atoms with Crippen molar-refractivity contribution < 1.29 is 14.1 Å². The molecule has 194 valence electrons. The van der Waals surface area contributed by atoms with Crippen LogP contribution in [-0.2, 0) is 33.9 Å². The highest BCUT2D eigenvalue weighted by molar-refractivity contribution is 7.98. The monoisotopic (exact) mass is 541 g/mol. The van der Waals surface area contributed by atoms with E-state index in [4.69, 9.17) is 16.3 Å². The van der Waals surface area contributed by atoms with Gasteiger partial charge in [-0.1, -0.05) is 42.4 Å². The maximum absolute atomic E-state index is 12.9. The Kier molecular flexibility index (Phi) is 10.3. The lowest BCUT2D eigenvalue weighted by Gasteiger charge is -2.31. The van der Waals surface area contributed by atoms with Crippen molar-refractivity contribution in [1.82, 2.24) is 14.3 Å². The maximum Gasteiger partial charge on any atom is 0.326 e. The highest BCUT2D eigenvalue weighted by Crippen LogP contribution is 2.29. The average Bonchev–Trinajstić information content (AvgIpc) is 2.72. The number of esters is 1. The van der Waals surface area contributed by atoms with Crippen LogP contribution in [0, 0.1) is 5.92 Å². The number of halogens is 1. The van der Waals surface area contributed by atoms with Gasteiger partial charge < -0.3 is 9.29 Å². The molecule has 2 aromatic rings. The van der Waals surface area contributed by atoms with Gasteiger partial charge in [-0.2, -0.15) is 0 Å². The molecule has 1 aromatic carbocycles. The van der Waals surface area contributed by atoms with E-state index in [9.17, 15) is 14.1 Å². The summed E-state index contributed by atoms with van der Waals surface area (Å²) < 4.78 is 22.4. The van der Waals surface area contributed by atoms with Gasteiger partial charge in [0.1, 0.15) is 16.9 Å². The highest BCUT2D eigenvalue weighted by Gasteiger charge is 2.32. The molecule has 1 N–H and O–H groups in total. The van der Waals surface area contributed by atoms with Gasteiger partial charge in [0.15, 0.2) is 5.16 Å². The molecule has 0 amide bonds. The van der Waals surface area contributed by atoms with E-state index in [1.54, 1.807) is 32.9 Å². The van der Waals surface area contributed by atoms with E-state index in [1.807, 2.05) is 46.1 Å². The molecule has 0 aliphatic heterocycles. The molecule has 0 radical (unpaired) electrons. The summed E-state index contributed by atoms with van der Waals surface area (Å²) in [6.07, 6.45) is 2.28. The van der Waals surface area contributed by atoms with E-state index in [-0.39, 0.29) is 24.1 Å². The quantitative estimate of drug-likeness (QED) is 0.208. The topological polar surface area (TPSA) is 96.3 Å². The minimum absolute atomic E-state index is 0.0502. The SMILES string of the molecule is CSc1nc(C[C@H](C)[C@H](N[S+]([O-])C(C)(C)C)c2ccc(Cl)cc2)cc(=O)n1CC(=O)OC(C)(C)C. The Bertz CT molecular complexity index is 1060. The van der Waals surface area contributed by atoms with Crippen LogP contribution in [0.5, 0.6) is 0 Å². The second-order valence-electron chi connectivity index (χ2n) is 10.5. The van der Waals surface area contributed by atoms with E-state index < -0.39 is 27.7 Å². The smallest absolute Gasteiger partial charge is 0.326 e. The molecule has 1 aromatic heterocycles. The summed E-state index contributed by atoms with van der Waals surface area (Å²) >= 11 is 6.07. The number of benzene rings is 1. The van der Waals surface area contributed by atoms with E-state index in [2.05, 4.69) is 9.71 Å². The lowest BCUT2D eigenvalue weighted by Crippen LogP contribution is -2.43. The van der Waals surface area contributed by atoms with E-state index >= 15 is 0 Å². The van der Waals surface area contributed by atoms with Gasteiger partial charge in [0.05, 0.1) is 6.04 Å². The fourth-order valence-corrected chi connectivity index (χ4v) is 5.02. The van der Waals surface area contributed by atoms with Gasteiger partial charge in [-0.25, -0.2) is 4.98 Å². The van der Waals surface area contributed by atoms with Crippen molar-refractivity contribution in [3.8, 4) is 0 Å². The van der Waals surface area contributed by atoms with Crippen LogP contribution in [0.3, 0.4) is 0 Å². The van der Waals surface area contributed by atoms with Gasteiger partial charge in [0.2, 0.25) is 0 Å². The summed E-state index contributed by atoms with van der Waals surface area (Å²) in [7, 11) is 0. The number of nitrogens with one attached hydrogen (secondary N) is 1. The fourth-order valence-electron chi connectivity index (χ4n) is 3.36. The highest BCUT2D eigenvalue weighted by atomic mass is 35.5. The third-order valence-electron chi connectivity index (χ3n) is 5.04. The van der Waals surface area contributed by atoms with Crippen molar-refractivity contribution >= 4 is 40.7 Å². The molecule has 0 saturated heterocycles. The van der Waals surface area contributed by atoms with E-state index in [0.717, 1.165) is 5.56 Å². The molecule has 2 rings (SSSR count). The van der Waals surface area contributed by atoms with Crippen LogP contribution in [0.15, 0.2) is 40.3 Å². The van der Waals surface area contributed by atoms with Crippen molar-refractivity contribution in [3.63, 3.8) is 0 Å². The molecular formula is C25H36ClN3O4S2. The van der Waals surface area contributed by atoms with Crippen LogP contribution in [0.1, 0.15) is 65.8 Å². The first kappa shape index (κ1) is 29.7. The van der Waals surface area contributed by atoms with Crippen molar-refractivity contribution in [2.24, 2.45) is 5.92 Å². The largest absolute Gasteiger partial charge is 0.598 e. The maximum atomic E-state index is 12.9. The number of nitrogens with zero attached hydrogens (tertiary/aromatic N) is 2. The van der Waals surface area contributed by atoms with Crippen LogP contribution in [-0.4, -0.2) is 36.7 Å². The number of ether oxygens (including phenoxy) is 1. The first-order valence-corrected chi connectivity index (χ1v) is 14.2. The van der Waals surface area contributed by atoms with Crippen LogP contribution >= 0.6 is 23.4 Å². The lowest BCUT2D eigenvalue weighted by molar-refractivity contribution is -0.155. The zero-order valence-electron chi connectivity index (χ0n) is 21.7. The summed E-state index contributed by atoms with van der Waals surface area (Å²) in [6, 6.07) is 8.64. The summed E-state index contributed by atoms with van der Waals surface area (Å²) in [4.78, 5) is 29.9. The predicted molar refractivity (Wildman–Crippen MR) is 144 cm³/mol. The summed E-state index contributed by atoms with van der Waals surface area (Å²) in [5.41, 5.74) is 0.601. The van der Waals surface area contributed by atoms with E-state index in [1.165, 1.54) is 22.4 Å². The minimum atomic E-state index is -1.31. The number of carbonyl (C=O) groups is 1. The number of hydrogen-bond donors (Lipinski definition) is 1. The Balaban J connectivity index is 2.32. The molecule has 1 heterocycles. The fraction of sp³-hybridized carbons (Fsp3) is 0.560. The second-order valence-corrected chi connectivity index (χ2v) is 13.7. The van der Waals surface area contributed by atoms with E-state index in [0.29, 0.717) is 22.3 Å². The number of rotatable bonds is 9. The Hall–Kier alpha value is -1.52. The standard InChI is InChI=1S/C25H36ClN3O4S2/c1-16(22(28-35(32)25(5,6)7)17-9-11-18(26)12-10-17)13-19-14-20(30)29(23(27-19)34-8)15-21(31)33-24(2,3)4/h9-12,14,16,22,28H,13,15H2,1-8H3/t16-,22-,35?/m0/s1. The lowest BCUT2D eigenvalue weighted by atomic mass is 9.91. The van der Waals surface area contributed by atoms with Gasteiger partial charge >= 0.3 is 5.97 Å². The number of thioether (sulfide) groups is 1. The van der Waals surface area contributed by atoms with Crippen LogP contribution in [0.25, 0.3) is 0 Å². The molecule has 1 unspecified atom stereocenters. The molecule has 0 spiro atoms. The number of hydrogen-bond acceptors (Lipinski definition) is 7.